The predicted octanol–water partition coefficient (Wildman–Crippen LogP) is 2.19. The second kappa shape index (κ2) is 6.35. The highest BCUT2D eigenvalue weighted by molar-refractivity contribution is 5.96. The van der Waals surface area contributed by atoms with E-state index in [4.69, 9.17) is 10.5 Å². The number of nitrogens with zero attached hydrogens (tertiary/aromatic N) is 1. The van der Waals surface area contributed by atoms with E-state index in [1.165, 1.54) is 6.42 Å². The maximum Gasteiger partial charge on any atom is 0.241 e. The van der Waals surface area contributed by atoms with Gasteiger partial charge in [0.2, 0.25) is 5.91 Å². The number of carbonyl (C=O) groups is 1. The summed E-state index contributed by atoms with van der Waals surface area (Å²) in [6.07, 6.45) is 1.27. The minimum Gasteiger partial charge on any atom is -0.495 e. The fourth-order valence-corrected chi connectivity index (χ4v) is 2.44. The molecule has 0 aromatic heterocycles. The summed E-state index contributed by atoms with van der Waals surface area (Å²) in [4.78, 5) is 14.5. The van der Waals surface area contributed by atoms with Gasteiger partial charge < -0.3 is 15.8 Å². The lowest BCUT2D eigenvalue weighted by Gasteiger charge is -2.24. The molecule has 5 nitrogen and oxygen atoms in total. The van der Waals surface area contributed by atoms with Gasteiger partial charge in [0.15, 0.2) is 0 Å². The van der Waals surface area contributed by atoms with E-state index in [1.54, 1.807) is 25.3 Å². The van der Waals surface area contributed by atoms with Gasteiger partial charge in [-0.25, -0.2) is 0 Å². The maximum absolute atomic E-state index is 12.4. The first kappa shape index (κ1) is 15.6. The monoisotopic (exact) mass is 291 g/mol. The van der Waals surface area contributed by atoms with Gasteiger partial charge in [-0.3, -0.25) is 9.69 Å². The second-order valence-electron chi connectivity index (χ2n) is 6.04. The normalized spacial score (nSPS) is 22.0. The number of nitrogens with one attached hydrogen (secondary N) is 1. The SMILES string of the molecule is COc1ccc(N)cc1NC(=O)C(C)N(C)CC1CC1C. The molecule has 21 heavy (non-hydrogen) atoms. The molecule has 1 amide bonds. The highest BCUT2D eigenvalue weighted by Gasteiger charge is 2.34. The third kappa shape index (κ3) is 3.88. The Balaban J connectivity index is 1.98. The zero-order valence-electron chi connectivity index (χ0n) is 13.2. The van der Waals surface area contributed by atoms with Gasteiger partial charge >= 0.3 is 0 Å². The number of methoxy groups -OCH3 is 1. The number of hydrogen-bond acceptors (Lipinski definition) is 4. The molecule has 5 heteroatoms. The lowest BCUT2D eigenvalue weighted by Crippen LogP contribution is -2.40. The van der Waals surface area contributed by atoms with Crippen LogP contribution in [0.3, 0.4) is 0 Å². The van der Waals surface area contributed by atoms with E-state index < -0.39 is 0 Å². The fourth-order valence-electron chi connectivity index (χ4n) is 2.44. The molecule has 1 aromatic carbocycles. The molecular formula is C16H25N3O2. The number of anilines is 2. The molecule has 3 atom stereocenters. The van der Waals surface area contributed by atoms with Gasteiger partial charge in [0.1, 0.15) is 5.75 Å². The number of amides is 1. The number of ether oxygens (including phenoxy) is 1. The Labute approximate surface area is 126 Å². The first-order valence-electron chi connectivity index (χ1n) is 7.37. The average Bonchev–Trinajstić information content (AvgIpc) is 3.13. The van der Waals surface area contributed by atoms with Crippen molar-refractivity contribution in [2.24, 2.45) is 11.8 Å². The van der Waals surface area contributed by atoms with Crippen molar-refractivity contribution in [3.8, 4) is 5.75 Å². The Bertz CT molecular complexity index is 518. The second-order valence-corrected chi connectivity index (χ2v) is 6.04. The van der Waals surface area contributed by atoms with E-state index >= 15 is 0 Å². The van der Waals surface area contributed by atoms with Crippen LogP contribution in [0.25, 0.3) is 0 Å². The van der Waals surface area contributed by atoms with Gasteiger partial charge in [-0.15, -0.1) is 0 Å². The van der Waals surface area contributed by atoms with E-state index in [0.29, 0.717) is 17.1 Å². The van der Waals surface area contributed by atoms with Crippen LogP contribution in [-0.2, 0) is 4.79 Å². The van der Waals surface area contributed by atoms with Crippen LogP contribution < -0.4 is 15.8 Å². The Morgan fingerprint density at radius 2 is 2.24 bits per heavy atom. The quantitative estimate of drug-likeness (QED) is 0.788. The molecule has 0 spiro atoms. The summed E-state index contributed by atoms with van der Waals surface area (Å²) in [5.74, 6) is 2.09. The van der Waals surface area contributed by atoms with E-state index in [9.17, 15) is 4.79 Å². The molecule has 1 aliphatic rings. The summed E-state index contributed by atoms with van der Waals surface area (Å²) in [6, 6.07) is 5.03. The molecule has 0 bridgehead atoms. The third-order valence-corrected chi connectivity index (χ3v) is 4.32. The highest BCUT2D eigenvalue weighted by Crippen LogP contribution is 2.38. The fraction of sp³-hybridized carbons (Fsp3) is 0.562. The van der Waals surface area contributed by atoms with Crippen molar-refractivity contribution >= 4 is 17.3 Å². The van der Waals surface area contributed by atoms with Crippen LogP contribution in [0.15, 0.2) is 18.2 Å². The Morgan fingerprint density at radius 1 is 1.57 bits per heavy atom. The average molecular weight is 291 g/mol. The lowest BCUT2D eigenvalue weighted by molar-refractivity contribution is -0.120. The Kier molecular flexibility index (Phi) is 4.73. The summed E-state index contributed by atoms with van der Waals surface area (Å²) in [5, 5.41) is 2.90. The first-order chi connectivity index (χ1) is 9.92. The third-order valence-electron chi connectivity index (χ3n) is 4.32. The summed E-state index contributed by atoms with van der Waals surface area (Å²) in [7, 11) is 3.57. The number of likely N-dealkylation sites (N-methyl/N-ethyl adjacent to an activating group) is 1. The molecule has 0 aliphatic heterocycles. The number of rotatable bonds is 6. The lowest BCUT2D eigenvalue weighted by atomic mass is 10.2. The van der Waals surface area contributed by atoms with Crippen molar-refractivity contribution in [1.29, 1.82) is 0 Å². The summed E-state index contributed by atoms with van der Waals surface area (Å²) in [6.45, 7) is 5.13. The number of carbonyl (C=O) groups excluding carboxylic acids is 1. The van der Waals surface area contributed by atoms with Gasteiger partial charge in [0.05, 0.1) is 18.8 Å². The minimum absolute atomic E-state index is 0.0466. The molecule has 1 aliphatic carbocycles. The van der Waals surface area contributed by atoms with E-state index in [2.05, 4.69) is 17.1 Å². The van der Waals surface area contributed by atoms with E-state index in [1.807, 2.05) is 14.0 Å². The predicted molar refractivity (Wildman–Crippen MR) is 85.4 cm³/mol. The molecular weight excluding hydrogens is 266 g/mol. The number of nitrogen functional groups attached to an aromatic ring is 1. The number of benzene rings is 1. The van der Waals surface area contributed by atoms with E-state index in [-0.39, 0.29) is 11.9 Å². The van der Waals surface area contributed by atoms with Crippen LogP contribution >= 0.6 is 0 Å². The zero-order valence-corrected chi connectivity index (χ0v) is 13.2. The van der Waals surface area contributed by atoms with Crippen LogP contribution in [0.5, 0.6) is 5.75 Å². The molecule has 0 heterocycles. The van der Waals surface area contributed by atoms with Gasteiger partial charge in [-0.05, 0) is 50.4 Å². The molecule has 3 unspecified atom stereocenters. The maximum atomic E-state index is 12.4. The molecule has 3 N–H and O–H groups in total. The molecule has 116 valence electrons. The van der Waals surface area contributed by atoms with Crippen molar-refractivity contribution in [2.45, 2.75) is 26.3 Å². The van der Waals surface area contributed by atoms with Gasteiger partial charge in [0.25, 0.3) is 0 Å². The van der Waals surface area contributed by atoms with Crippen LogP contribution in [0.1, 0.15) is 20.3 Å². The Morgan fingerprint density at radius 3 is 2.81 bits per heavy atom. The van der Waals surface area contributed by atoms with Gasteiger partial charge in [0, 0.05) is 12.2 Å². The summed E-state index contributed by atoms with van der Waals surface area (Å²) in [5.41, 5.74) is 6.98. The number of nitrogens with two attached hydrogens (primary N) is 1. The van der Waals surface area contributed by atoms with Gasteiger partial charge in [-0.1, -0.05) is 6.92 Å². The molecule has 1 fully saturated rings. The molecule has 1 saturated carbocycles. The smallest absolute Gasteiger partial charge is 0.241 e. The van der Waals surface area contributed by atoms with E-state index in [0.717, 1.165) is 18.4 Å². The van der Waals surface area contributed by atoms with Crippen molar-refractivity contribution < 1.29 is 9.53 Å². The number of hydrogen-bond donors (Lipinski definition) is 2. The van der Waals surface area contributed by atoms with Crippen molar-refractivity contribution in [3.05, 3.63) is 18.2 Å². The zero-order chi connectivity index (χ0) is 15.6. The molecule has 0 radical (unpaired) electrons. The first-order valence-corrected chi connectivity index (χ1v) is 7.37. The highest BCUT2D eigenvalue weighted by atomic mass is 16.5. The van der Waals surface area contributed by atoms with Crippen LogP contribution in [0.4, 0.5) is 11.4 Å². The van der Waals surface area contributed by atoms with Crippen molar-refractivity contribution in [1.82, 2.24) is 4.90 Å². The van der Waals surface area contributed by atoms with Crippen molar-refractivity contribution in [3.63, 3.8) is 0 Å². The molecule has 1 aromatic rings. The minimum atomic E-state index is -0.191. The van der Waals surface area contributed by atoms with Crippen molar-refractivity contribution in [2.75, 3.05) is 31.8 Å². The molecule has 2 rings (SSSR count). The summed E-state index contributed by atoms with van der Waals surface area (Å²) >= 11 is 0. The molecule has 0 saturated heterocycles. The topological polar surface area (TPSA) is 67.6 Å². The largest absolute Gasteiger partial charge is 0.495 e. The van der Waals surface area contributed by atoms with Crippen LogP contribution in [0, 0.1) is 11.8 Å². The van der Waals surface area contributed by atoms with Gasteiger partial charge in [-0.2, -0.15) is 0 Å². The van der Waals surface area contributed by atoms with Crippen LogP contribution in [0.2, 0.25) is 0 Å². The van der Waals surface area contributed by atoms with Crippen LogP contribution in [-0.4, -0.2) is 37.6 Å². The standard InChI is InChI=1S/C16H25N3O2/c1-10-7-12(10)9-19(3)11(2)16(20)18-14-8-13(17)5-6-15(14)21-4/h5-6,8,10-12H,7,9,17H2,1-4H3,(H,18,20). The Hall–Kier alpha value is -1.75. The summed E-state index contributed by atoms with van der Waals surface area (Å²) < 4.78 is 5.25.